The standard InChI is InChI=1S/C10H10O3S2/c1-2-13-10(14)15-8-5-3-4-7(6-8)9(11)12/h3-6H,2H2,1H3,(H,11,12). The van der Waals surface area contributed by atoms with E-state index in [1.807, 2.05) is 6.92 Å². The Morgan fingerprint density at radius 3 is 2.93 bits per heavy atom. The molecule has 0 radical (unpaired) electrons. The molecule has 0 aliphatic carbocycles. The smallest absolute Gasteiger partial charge is 0.335 e. The fraction of sp³-hybridized carbons (Fsp3) is 0.200. The Morgan fingerprint density at radius 1 is 1.60 bits per heavy atom. The molecule has 0 spiro atoms. The molecule has 0 unspecified atom stereocenters. The zero-order valence-electron chi connectivity index (χ0n) is 8.10. The Labute approximate surface area is 97.4 Å². The van der Waals surface area contributed by atoms with Gasteiger partial charge in [-0.25, -0.2) is 4.79 Å². The first-order valence-corrected chi connectivity index (χ1v) is 5.54. The molecule has 5 heteroatoms. The summed E-state index contributed by atoms with van der Waals surface area (Å²) < 4.78 is 5.50. The van der Waals surface area contributed by atoms with Gasteiger partial charge in [0.1, 0.15) is 0 Å². The summed E-state index contributed by atoms with van der Waals surface area (Å²) >= 11 is 6.18. The quantitative estimate of drug-likeness (QED) is 0.652. The number of carboxylic acids is 1. The number of hydrogen-bond acceptors (Lipinski definition) is 4. The van der Waals surface area contributed by atoms with Crippen molar-refractivity contribution in [2.24, 2.45) is 0 Å². The molecule has 0 heterocycles. The van der Waals surface area contributed by atoms with Gasteiger partial charge in [0.2, 0.25) is 4.38 Å². The molecule has 0 saturated heterocycles. The van der Waals surface area contributed by atoms with Gasteiger partial charge in [-0.3, -0.25) is 0 Å². The van der Waals surface area contributed by atoms with E-state index in [0.29, 0.717) is 11.0 Å². The molecule has 80 valence electrons. The lowest BCUT2D eigenvalue weighted by Crippen LogP contribution is -1.98. The number of aromatic carboxylic acids is 1. The van der Waals surface area contributed by atoms with Gasteiger partial charge in [0.25, 0.3) is 0 Å². The van der Waals surface area contributed by atoms with Crippen molar-refractivity contribution in [2.45, 2.75) is 11.8 Å². The number of carbonyl (C=O) groups is 1. The molecule has 1 aromatic carbocycles. The van der Waals surface area contributed by atoms with E-state index in [1.165, 1.54) is 17.8 Å². The normalized spacial score (nSPS) is 9.67. The molecule has 1 N–H and O–H groups in total. The molecule has 0 aliphatic rings. The fourth-order valence-electron chi connectivity index (χ4n) is 0.936. The summed E-state index contributed by atoms with van der Waals surface area (Å²) in [7, 11) is 0. The third-order valence-electron chi connectivity index (χ3n) is 1.54. The lowest BCUT2D eigenvalue weighted by molar-refractivity contribution is 0.0696. The van der Waals surface area contributed by atoms with E-state index in [1.54, 1.807) is 18.2 Å². The van der Waals surface area contributed by atoms with Crippen molar-refractivity contribution in [3.05, 3.63) is 29.8 Å². The number of carboxylic acid groups (broad SMARTS) is 1. The first kappa shape index (κ1) is 12.0. The Balaban J connectivity index is 2.73. The van der Waals surface area contributed by atoms with Crippen molar-refractivity contribution in [2.75, 3.05) is 6.61 Å². The Bertz CT molecular complexity index is 377. The van der Waals surface area contributed by atoms with Crippen LogP contribution in [0.4, 0.5) is 0 Å². The van der Waals surface area contributed by atoms with Crippen molar-refractivity contribution in [3.63, 3.8) is 0 Å². The van der Waals surface area contributed by atoms with Gasteiger partial charge in [0.05, 0.1) is 12.2 Å². The average Bonchev–Trinajstić information content (AvgIpc) is 2.18. The van der Waals surface area contributed by atoms with E-state index in [4.69, 9.17) is 22.1 Å². The van der Waals surface area contributed by atoms with Gasteiger partial charge in [-0.1, -0.05) is 6.07 Å². The Hall–Kier alpha value is -1.07. The van der Waals surface area contributed by atoms with Gasteiger partial charge in [-0.15, -0.1) is 0 Å². The SMILES string of the molecule is CCOC(=S)Sc1cccc(C(=O)O)c1. The van der Waals surface area contributed by atoms with Crippen LogP contribution in [0.2, 0.25) is 0 Å². The second-order valence-corrected chi connectivity index (χ2v) is 4.29. The monoisotopic (exact) mass is 242 g/mol. The molecule has 0 aliphatic heterocycles. The highest BCUT2D eigenvalue weighted by Gasteiger charge is 2.05. The van der Waals surface area contributed by atoms with E-state index in [2.05, 4.69) is 0 Å². The summed E-state index contributed by atoms with van der Waals surface area (Å²) in [6.45, 7) is 2.37. The van der Waals surface area contributed by atoms with Crippen LogP contribution in [0.15, 0.2) is 29.2 Å². The lowest BCUT2D eigenvalue weighted by Gasteiger charge is -2.04. The van der Waals surface area contributed by atoms with E-state index in [9.17, 15) is 4.79 Å². The highest BCUT2D eigenvalue weighted by Crippen LogP contribution is 2.21. The van der Waals surface area contributed by atoms with E-state index < -0.39 is 5.97 Å². The van der Waals surface area contributed by atoms with Crippen molar-refractivity contribution < 1.29 is 14.6 Å². The second kappa shape index (κ2) is 5.72. The minimum Gasteiger partial charge on any atom is -0.479 e. The van der Waals surface area contributed by atoms with Crippen molar-refractivity contribution in [1.29, 1.82) is 0 Å². The fourth-order valence-corrected chi connectivity index (χ4v) is 2.04. The largest absolute Gasteiger partial charge is 0.479 e. The van der Waals surface area contributed by atoms with E-state index in [0.717, 1.165) is 4.90 Å². The third kappa shape index (κ3) is 3.89. The summed E-state index contributed by atoms with van der Waals surface area (Å²) in [5.74, 6) is -0.945. The molecule has 3 nitrogen and oxygen atoms in total. The Kier molecular flexibility index (Phi) is 4.58. The zero-order chi connectivity index (χ0) is 11.3. The number of thiocarbonyl (C=S) groups is 1. The molecular weight excluding hydrogens is 232 g/mol. The lowest BCUT2D eigenvalue weighted by atomic mass is 10.2. The van der Waals surface area contributed by atoms with Crippen molar-refractivity contribution >= 4 is 34.3 Å². The molecular formula is C10H10O3S2. The van der Waals surface area contributed by atoms with Crippen molar-refractivity contribution in [3.8, 4) is 0 Å². The molecule has 0 saturated carbocycles. The van der Waals surface area contributed by atoms with Crippen LogP contribution in [0.3, 0.4) is 0 Å². The number of ether oxygens (including phenoxy) is 1. The molecule has 1 rings (SSSR count). The molecule has 0 aromatic heterocycles. The minimum absolute atomic E-state index is 0.249. The van der Waals surface area contributed by atoms with Gasteiger partial charge < -0.3 is 9.84 Å². The van der Waals surface area contributed by atoms with Crippen LogP contribution in [0, 0.1) is 0 Å². The van der Waals surface area contributed by atoms with Gasteiger partial charge in [-0.2, -0.15) is 0 Å². The summed E-state index contributed by atoms with van der Waals surface area (Å²) in [4.78, 5) is 11.5. The average molecular weight is 242 g/mol. The highest BCUT2D eigenvalue weighted by molar-refractivity contribution is 8.22. The second-order valence-electron chi connectivity index (χ2n) is 2.62. The molecule has 1 aromatic rings. The number of hydrogen-bond donors (Lipinski definition) is 1. The zero-order valence-corrected chi connectivity index (χ0v) is 9.73. The molecule has 0 atom stereocenters. The summed E-state index contributed by atoms with van der Waals surface area (Å²) in [6.07, 6.45) is 0. The molecule has 0 amide bonds. The van der Waals surface area contributed by atoms with Crippen LogP contribution in [-0.4, -0.2) is 22.1 Å². The third-order valence-corrected chi connectivity index (χ3v) is 2.69. The minimum atomic E-state index is -0.945. The predicted octanol–water partition coefficient (Wildman–Crippen LogP) is 2.80. The highest BCUT2D eigenvalue weighted by atomic mass is 32.2. The number of rotatable bonds is 3. The number of thioether (sulfide) groups is 1. The molecule has 0 bridgehead atoms. The van der Waals surface area contributed by atoms with Gasteiger partial charge in [-0.05, 0) is 49.1 Å². The summed E-state index contributed by atoms with van der Waals surface area (Å²) in [6, 6.07) is 6.58. The topological polar surface area (TPSA) is 46.5 Å². The maximum absolute atomic E-state index is 10.7. The van der Waals surface area contributed by atoms with E-state index >= 15 is 0 Å². The summed E-state index contributed by atoms with van der Waals surface area (Å²) in [5, 5.41) is 8.77. The van der Waals surface area contributed by atoms with Crippen LogP contribution >= 0.6 is 24.0 Å². The first-order valence-electron chi connectivity index (χ1n) is 4.31. The first-order chi connectivity index (χ1) is 7.13. The van der Waals surface area contributed by atoms with Gasteiger partial charge in [0, 0.05) is 4.90 Å². The van der Waals surface area contributed by atoms with Crippen molar-refractivity contribution in [1.82, 2.24) is 0 Å². The van der Waals surface area contributed by atoms with Gasteiger partial charge >= 0.3 is 5.97 Å². The maximum Gasteiger partial charge on any atom is 0.335 e. The van der Waals surface area contributed by atoms with Crippen LogP contribution in [0.5, 0.6) is 0 Å². The molecule has 15 heavy (non-hydrogen) atoms. The number of benzene rings is 1. The summed E-state index contributed by atoms with van der Waals surface area (Å²) in [5.41, 5.74) is 0.249. The Morgan fingerprint density at radius 2 is 2.33 bits per heavy atom. The van der Waals surface area contributed by atoms with E-state index in [-0.39, 0.29) is 5.56 Å². The van der Waals surface area contributed by atoms with Crippen LogP contribution in [0.1, 0.15) is 17.3 Å². The molecule has 0 fully saturated rings. The van der Waals surface area contributed by atoms with Crippen LogP contribution < -0.4 is 0 Å². The van der Waals surface area contributed by atoms with Gasteiger partial charge in [0.15, 0.2) is 0 Å². The van der Waals surface area contributed by atoms with Crippen LogP contribution in [-0.2, 0) is 4.74 Å². The maximum atomic E-state index is 10.7. The predicted molar refractivity (Wildman–Crippen MR) is 63.5 cm³/mol. The van der Waals surface area contributed by atoms with Crippen LogP contribution in [0.25, 0.3) is 0 Å².